The van der Waals surface area contributed by atoms with Gasteiger partial charge in [-0.05, 0) is 80.1 Å². The summed E-state index contributed by atoms with van der Waals surface area (Å²) in [4.78, 5) is 41.9. The van der Waals surface area contributed by atoms with Crippen molar-refractivity contribution in [2.45, 2.75) is 32.8 Å². The lowest BCUT2D eigenvalue weighted by atomic mass is 10.1. The van der Waals surface area contributed by atoms with E-state index in [9.17, 15) is 40.7 Å². The summed E-state index contributed by atoms with van der Waals surface area (Å²) in [5.41, 5.74) is -0.918. The van der Waals surface area contributed by atoms with E-state index in [4.69, 9.17) is 28.3 Å². The van der Waals surface area contributed by atoms with Gasteiger partial charge in [-0.25, -0.2) is 9.97 Å². The lowest BCUT2D eigenvalue weighted by Crippen LogP contribution is -2.16. The highest BCUT2D eigenvalue weighted by Crippen LogP contribution is 2.30. The van der Waals surface area contributed by atoms with Gasteiger partial charge in [-0.1, -0.05) is 23.2 Å². The normalized spacial score (nSPS) is 11.3. The molecule has 0 spiro atoms. The molecule has 0 saturated heterocycles. The second kappa shape index (κ2) is 14.7. The molecule has 0 fully saturated rings. The zero-order valence-corrected chi connectivity index (χ0v) is 25.2. The molecule has 16 heteroatoms. The summed E-state index contributed by atoms with van der Waals surface area (Å²) in [7, 11) is 0. The van der Waals surface area contributed by atoms with Crippen LogP contribution in [0, 0.1) is 13.8 Å². The minimum atomic E-state index is -4.57. The fourth-order valence-electron chi connectivity index (χ4n) is 3.80. The lowest BCUT2D eigenvalue weighted by molar-refractivity contribution is -0.142. The number of anilines is 2. The van der Waals surface area contributed by atoms with Crippen LogP contribution in [0.15, 0.2) is 60.7 Å². The van der Waals surface area contributed by atoms with E-state index >= 15 is 0 Å². The standard InChI is InChI=1S/C15H12ClF3N2O2.C15H10ClF3N2O2/c2*1-8-11(3-5-13(20-8)15(17,18)19)14(23)21-10-2-4-12(16)9(6-10)7-22/h2-6,22H,7H2,1H3,(H,21,23);2-7H,1H3,(H,21,23). The number of aryl methyl sites for hydroxylation is 2. The van der Waals surface area contributed by atoms with Crippen molar-refractivity contribution in [3.8, 4) is 0 Å². The van der Waals surface area contributed by atoms with Gasteiger partial charge in [0, 0.05) is 22.0 Å². The maximum Gasteiger partial charge on any atom is 0.433 e. The molecule has 242 valence electrons. The molecule has 4 aromatic rings. The summed E-state index contributed by atoms with van der Waals surface area (Å²) >= 11 is 11.6. The number of nitrogens with zero attached hydrogens (tertiary/aromatic N) is 2. The first-order valence-corrected chi connectivity index (χ1v) is 13.6. The van der Waals surface area contributed by atoms with Gasteiger partial charge in [-0.3, -0.25) is 14.4 Å². The number of halogens is 8. The smallest absolute Gasteiger partial charge is 0.392 e. The number of hydrogen-bond acceptors (Lipinski definition) is 6. The number of aromatic nitrogens is 2. The van der Waals surface area contributed by atoms with Crippen LogP contribution in [0.4, 0.5) is 37.7 Å². The Bertz CT molecular complexity index is 1780. The second-order valence-corrected chi connectivity index (χ2v) is 10.2. The second-order valence-electron chi connectivity index (χ2n) is 9.38. The molecule has 4 rings (SSSR count). The molecule has 8 nitrogen and oxygen atoms in total. The van der Waals surface area contributed by atoms with E-state index in [-0.39, 0.29) is 39.7 Å². The molecule has 0 aliphatic rings. The van der Waals surface area contributed by atoms with Gasteiger partial charge < -0.3 is 15.7 Å². The molecule has 0 unspecified atom stereocenters. The molecule has 2 heterocycles. The van der Waals surface area contributed by atoms with E-state index in [0.717, 1.165) is 24.3 Å². The number of rotatable bonds is 6. The van der Waals surface area contributed by atoms with Crippen molar-refractivity contribution in [3.05, 3.63) is 116 Å². The molecule has 0 atom stereocenters. The summed E-state index contributed by atoms with van der Waals surface area (Å²) in [6, 6.07) is 12.4. The van der Waals surface area contributed by atoms with Gasteiger partial charge in [0.25, 0.3) is 11.8 Å². The highest BCUT2D eigenvalue weighted by molar-refractivity contribution is 6.33. The minimum absolute atomic E-state index is 0.000558. The molecular weight excluding hydrogens is 665 g/mol. The Morgan fingerprint density at radius 1 is 0.739 bits per heavy atom. The third kappa shape index (κ3) is 9.25. The van der Waals surface area contributed by atoms with Crippen LogP contribution < -0.4 is 10.6 Å². The number of amides is 2. The summed E-state index contributed by atoms with van der Waals surface area (Å²) in [5, 5.41) is 14.7. The number of aldehydes is 1. The highest BCUT2D eigenvalue weighted by atomic mass is 35.5. The number of pyridine rings is 2. The predicted octanol–water partition coefficient (Wildman–Crippen LogP) is 7.93. The zero-order valence-electron chi connectivity index (χ0n) is 23.6. The minimum Gasteiger partial charge on any atom is -0.392 e. The van der Waals surface area contributed by atoms with Crippen LogP contribution in [-0.4, -0.2) is 33.2 Å². The maximum absolute atomic E-state index is 12.6. The van der Waals surface area contributed by atoms with Gasteiger partial charge in [0.05, 0.1) is 34.1 Å². The van der Waals surface area contributed by atoms with Crippen molar-refractivity contribution in [1.82, 2.24) is 9.97 Å². The number of aliphatic hydroxyl groups excluding tert-OH is 1. The molecule has 2 aromatic heterocycles. The SMILES string of the molecule is Cc1nc(C(F)(F)F)ccc1C(=O)Nc1ccc(Cl)c(C=O)c1.Cc1nc(C(F)(F)F)ccc1C(=O)Nc1ccc(Cl)c(CO)c1. The monoisotopic (exact) mass is 686 g/mol. The van der Waals surface area contributed by atoms with Gasteiger partial charge in [0.2, 0.25) is 0 Å². The van der Waals surface area contributed by atoms with E-state index < -0.39 is 35.6 Å². The first-order valence-electron chi connectivity index (χ1n) is 12.8. The Balaban J connectivity index is 0.000000250. The molecule has 0 saturated carbocycles. The topological polar surface area (TPSA) is 121 Å². The average molecular weight is 687 g/mol. The van der Waals surface area contributed by atoms with E-state index in [2.05, 4.69) is 20.6 Å². The molecule has 0 radical (unpaired) electrons. The van der Waals surface area contributed by atoms with Crippen molar-refractivity contribution >= 4 is 52.7 Å². The molecule has 46 heavy (non-hydrogen) atoms. The van der Waals surface area contributed by atoms with Crippen molar-refractivity contribution in [2.75, 3.05) is 10.6 Å². The highest BCUT2D eigenvalue weighted by Gasteiger charge is 2.34. The van der Waals surface area contributed by atoms with E-state index in [1.807, 2.05) is 0 Å². The number of carbonyl (C=O) groups excluding carboxylic acids is 3. The number of benzene rings is 2. The number of carbonyl (C=O) groups is 3. The summed E-state index contributed by atoms with van der Waals surface area (Å²) in [6.07, 6.45) is -8.61. The summed E-state index contributed by atoms with van der Waals surface area (Å²) in [6.45, 7) is 2.33. The van der Waals surface area contributed by atoms with Crippen LogP contribution in [0.3, 0.4) is 0 Å². The molecule has 2 amide bonds. The van der Waals surface area contributed by atoms with E-state index in [1.165, 1.54) is 50.2 Å². The van der Waals surface area contributed by atoms with Gasteiger partial charge >= 0.3 is 12.4 Å². The van der Waals surface area contributed by atoms with E-state index in [0.29, 0.717) is 28.2 Å². The van der Waals surface area contributed by atoms with Crippen LogP contribution in [0.2, 0.25) is 10.0 Å². The van der Waals surface area contributed by atoms with Crippen LogP contribution in [0.5, 0.6) is 0 Å². The zero-order chi connectivity index (χ0) is 34.4. The average Bonchev–Trinajstić information content (AvgIpc) is 2.98. The van der Waals surface area contributed by atoms with E-state index in [1.54, 1.807) is 0 Å². The molecule has 0 aliphatic heterocycles. The van der Waals surface area contributed by atoms with Crippen molar-refractivity contribution in [3.63, 3.8) is 0 Å². The van der Waals surface area contributed by atoms with Crippen molar-refractivity contribution in [2.24, 2.45) is 0 Å². The Labute approximate surface area is 267 Å². The van der Waals surface area contributed by atoms with Crippen molar-refractivity contribution < 1.29 is 45.8 Å². The van der Waals surface area contributed by atoms with Gasteiger partial charge in [0.15, 0.2) is 6.29 Å². The maximum atomic E-state index is 12.6. The Hall–Kier alpha value is -4.53. The fourth-order valence-corrected chi connectivity index (χ4v) is 4.14. The number of hydrogen-bond donors (Lipinski definition) is 3. The van der Waals surface area contributed by atoms with Gasteiger partial charge in [0.1, 0.15) is 11.4 Å². The van der Waals surface area contributed by atoms with Crippen LogP contribution in [0.1, 0.15) is 59.4 Å². The first-order chi connectivity index (χ1) is 21.4. The molecule has 3 N–H and O–H groups in total. The van der Waals surface area contributed by atoms with Crippen LogP contribution in [-0.2, 0) is 19.0 Å². The summed E-state index contributed by atoms with van der Waals surface area (Å²) in [5.74, 6) is -1.24. The fraction of sp³-hybridized carbons (Fsp3) is 0.167. The largest absolute Gasteiger partial charge is 0.433 e. The lowest BCUT2D eigenvalue weighted by Gasteiger charge is -2.11. The van der Waals surface area contributed by atoms with Crippen LogP contribution in [0.25, 0.3) is 0 Å². The summed E-state index contributed by atoms with van der Waals surface area (Å²) < 4.78 is 75.4. The third-order valence-corrected chi connectivity index (χ3v) is 6.81. The van der Waals surface area contributed by atoms with Gasteiger partial charge in [-0.15, -0.1) is 0 Å². The Morgan fingerprint density at radius 2 is 1.17 bits per heavy atom. The Morgan fingerprint density at radius 3 is 1.57 bits per heavy atom. The molecule has 0 bridgehead atoms. The quantitative estimate of drug-likeness (QED) is 0.140. The third-order valence-electron chi connectivity index (χ3n) is 6.10. The van der Waals surface area contributed by atoms with Crippen molar-refractivity contribution in [1.29, 1.82) is 0 Å². The predicted molar refractivity (Wildman–Crippen MR) is 158 cm³/mol. The molecule has 0 aliphatic carbocycles. The number of alkyl halides is 6. The number of aliphatic hydroxyl groups is 1. The molecular formula is C30H22Cl2F6N4O4. The van der Waals surface area contributed by atoms with Crippen LogP contribution >= 0.6 is 23.2 Å². The Kier molecular flexibility index (Phi) is 11.5. The molecule has 2 aromatic carbocycles. The first kappa shape index (κ1) is 35.9. The number of nitrogens with one attached hydrogen (secondary N) is 2. The van der Waals surface area contributed by atoms with Gasteiger partial charge in [-0.2, -0.15) is 26.3 Å².